The first-order valence-corrected chi connectivity index (χ1v) is 3.77. The quantitative estimate of drug-likeness (QED) is 0.667. The molecule has 1 aromatic rings. The van der Waals surface area contributed by atoms with Gasteiger partial charge in [0.1, 0.15) is 11.4 Å². The zero-order valence-electron chi connectivity index (χ0n) is 6.90. The van der Waals surface area contributed by atoms with Gasteiger partial charge >= 0.3 is 0 Å². The number of rotatable bonds is 0. The third-order valence-corrected chi connectivity index (χ3v) is 1.75. The number of hydrogen-bond acceptors (Lipinski definition) is 2. The highest BCUT2D eigenvalue weighted by Crippen LogP contribution is 2.33. The number of benzene rings is 1. The molecule has 0 saturated heterocycles. The summed E-state index contributed by atoms with van der Waals surface area (Å²) >= 11 is 0. The van der Waals surface area contributed by atoms with Gasteiger partial charge in [-0.15, -0.1) is 0 Å². The van der Waals surface area contributed by atoms with Crippen LogP contribution in [0, 0.1) is 11.6 Å². The van der Waals surface area contributed by atoms with Crippen molar-refractivity contribution in [1.82, 2.24) is 0 Å². The lowest BCUT2D eigenvalue weighted by molar-refractivity contribution is 0.414. The molecular weight excluding hydrogens is 176 g/mol. The van der Waals surface area contributed by atoms with Crippen LogP contribution in [-0.2, 0) is 0 Å². The van der Waals surface area contributed by atoms with E-state index in [0.717, 1.165) is 6.07 Å². The minimum Gasteiger partial charge on any atom is -0.458 e. The fraction of sp³-hybridized carbons (Fsp3) is 0.111. The van der Waals surface area contributed by atoms with Gasteiger partial charge in [-0.2, -0.15) is 0 Å². The molecule has 4 heteroatoms. The van der Waals surface area contributed by atoms with Crippen molar-refractivity contribution < 1.29 is 13.5 Å². The summed E-state index contributed by atoms with van der Waals surface area (Å²) in [5.74, 6) is -0.888. The molecule has 0 unspecified atom stereocenters. The maximum Gasteiger partial charge on any atom is 0.186 e. The molecule has 0 aliphatic carbocycles. The minimum absolute atomic E-state index is 0.0469. The summed E-state index contributed by atoms with van der Waals surface area (Å²) in [6.07, 6.45) is 1.48. The number of nitrogens with one attached hydrogen (secondary N) is 1. The van der Waals surface area contributed by atoms with Crippen molar-refractivity contribution >= 4 is 5.69 Å². The molecule has 0 aromatic heterocycles. The molecule has 0 fully saturated rings. The van der Waals surface area contributed by atoms with Gasteiger partial charge in [0.05, 0.1) is 0 Å². The summed E-state index contributed by atoms with van der Waals surface area (Å²) in [6.45, 7) is 1.72. The first kappa shape index (κ1) is 8.04. The Balaban J connectivity index is 2.53. The van der Waals surface area contributed by atoms with Crippen molar-refractivity contribution in [3.05, 3.63) is 35.7 Å². The van der Waals surface area contributed by atoms with Gasteiger partial charge in [0.15, 0.2) is 17.4 Å². The average molecular weight is 183 g/mol. The van der Waals surface area contributed by atoms with E-state index in [1.54, 1.807) is 6.92 Å². The number of halogens is 2. The van der Waals surface area contributed by atoms with Crippen molar-refractivity contribution in [2.75, 3.05) is 5.32 Å². The highest BCUT2D eigenvalue weighted by Gasteiger charge is 2.17. The van der Waals surface area contributed by atoms with Crippen LogP contribution < -0.4 is 10.1 Å². The van der Waals surface area contributed by atoms with Crippen molar-refractivity contribution in [2.24, 2.45) is 0 Å². The van der Waals surface area contributed by atoms with E-state index >= 15 is 0 Å². The first-order valence-electron chi connectivity index (χ1n) is 3.77. The van der Waals surface area contributed by atoms with Gasteiger partial charge < -0.3 is 10.1 Å². The zero-order valence-corrected chi connectivity index (χ0v) is 6.90. The molecule has 1 aliphatic heterocycles. The Hall–Kier alpha value is -1.58. The third kappa shape index (κ3) is 1.24. The van der Waals surface area contributed by atoms with Gasteiger partial charge in [-0.3, -0.25) is 0 Å². The Morgan fingerprint density at radius 2 is 2.08 bits per heavy atom. The van der Waals surface area contributed by atoms with Gasteiger partial charge in [-0.25, -0.2) is 8.78 Å². The Morgan fingerprint density at radius 1 is 1.31 bits per heavy atom. The number of hydrogen-bond donors (Lipinski definition) is 1. The van der Waals surface area contributed by atoms with Crippen molar-refractivity contribution in [3.63, 3.8) is 0 Å². The lowest BCUT2D eigenvalue weighted by Gasteiger charge is -2.17. The van der Waals surface area contributed by atoms with Crippen molar-refractivity contribution in [2.45, 2.75) is 6.92 Å². The molecule has 1 aromatic carbocycles. The summed E-state index contributed by atoms with van der Waals surface area (Å²) in [4.78, 5) is 0. The average Bonchev–Trinajstić information content (AvgIpc) is 2.12. The normalized spacial score (nSPS) is 13.9. The maximum atomic E-state index is 13.1. The van der Waals surface area contributed by atoms with Crippen LogP contribution in [0.1, 0.15) is 6.92 Å². The van der Waals surface area contributed by atoms with Gasteiger partial charge in [0, 0.05) is 6.20 Å². The summed E-state index contributed by atoms with van der Waals surface area (Å²) in [5, 5.41) is 2.62. The number of ether oxygens (including phenoxy) is 1. The van der Waals surface area contributed by atoms with Crippen LogP contribution in [0.2, 0.25) is 0 Å². The smallest absolute Gasteiger partial charge is 0.186 e. The molecule has 0 radical (unpaired) electrons. The van der Waals surface area contributed by atoms with E-state index in [9.17, 15) is 8.78 Å². The fourth-order valence-electron chi connectivity index (χ4n) is 1.13. The second-order valence-electron chi connectivity index (χ2n) is 2.74. The summed E-state index contributed by atoms with van der Waals surface area (Å²) < 4.78 is 30.9. The van der Waals surface area contributed by atoms with Gasteiger partial charge in [0.25, 0.3) is 0 Å². The van der Waals surface area contributed by atoms with E-state index in [-0.39, 0.29) is 5.69 Å². The largest absolute Gasteiger partial charge is 0.458 e. The molecule has 2 rings (SSSR count). The van der Waals surface area contributed by atoms with Crippen LogP contribution >= 0.6 is 0 Å². The molecule has 0 amide bonds. The molecule has 68 valence electrons. The predicted octanol–water partition coefficient (Wildman–Crippen LogP) is 2.63. The fourth-order valence-corrected chi connectivity index (χ4v) is 1.13. The Kier molecular flexibility index (Phi) is 1.69. The molecule has 2 nitrogen and oxygen atoms in total. The monoisotopic (exact) mass is 183 g/mol. The SMILES string of the molecule is CC1=CNc2c(ccc(F)c2F)O1. The highest BCUT2D eigenvalue weighted by atomic mass is 19.2. The van der Waals surface area contributed by atoms with Gasteiger partial charge in [-0.05, 0) is 19.1 Å². The Morgan fingerprint density at radius 3 is 2.85 bits per heavy atom. The van der Waals surface area contributed by atoms with Crippen LogP contribution in [0.5, 0.6) is 5.75 Å². The van der Waals surface area contributed by atoms with Crippen LogP contribution in [0.15, 0.2) is 24.1 Å². The standard InChI is InChI=1S/C9H7F2NO/c1-5-4-12-9-7(13-5)3-2-6(10)8(9)11/h2-4,12H,1H3. The molecule has 0 atom stereocenters. The molecule has 0 spiro atoms. The molecular formula is C9H7F2NO. The zero-order chi connectivity index (χ0) is 9.42. The lowest BCUT2D eigenvalue weighted by Crippen LogP contribution is -2.07. The van der Waals surface area contributed by atoms with Crippen LogP contribution in [0.3, 0.4) is 0 Å². The molecule has 0 bridgehead atoms. The highest BCUT2D eigenvalue weighted by molar-refractivity contribution is 5.61. The summed E-state index contributed by atoms with van der Waals surface area (Å²) in [5.41, 5.74) is 0.0469. The Labute approximate surface area is 73.8 Å². The number of fused-ring (bicyclic) bond motifs is 1. The van der Waals surface area contributed by atoms with Crippen LogP contribution in [0.4, 0.5) is 14.5 Å². The van der Waals surface area contributed by atoms with Crippen molar-refractivity contribution in [3.8, 4) is 5.75 Å². The second kappa shape index (κ2) is 2.73. The molecule has 1 aliphatic rings. The van der Waals surface area contributed by atoms with Crippen LogP contribution in [-0.4, -0.2) is 0 Å². The van der Waals surface area contributed by atoms with E-state index in [4.69, 9.17) is 4.74 Å². The summed E-state index contributed by atoms with van der Waals surface area (Å²) in [6, 6.07) is 2.42. The number of allylic oxidation sites excluding steroid dienone is 1. The first-order chi connectivity index (χ1) is 6.18. The molecule has 1 heterocycles. The van der Waals surface area contributed by atoms with Gasteiger partial charge in [-0.1, -0.05) is 0 Å². The Bertz CT molecular complexity index is 387. The van der Waals surface area contributed by atoms with E-state index in [2.05, 4.69) is 5.32 Å². The van der Waals surface area contributed by atoms with E-state index in [0.29, 0.717) is 11.5 Å². The predicted molar refractivity (Wildman–Crippen MR) is 44.4 cm³/mol. The molecule has 13 heavy (non-hydrogen) atoms. The second-order valence-corrected chi connectivity index (χ2v) is 2.74. The minimum atomic E-state index is -0.916. The topological polar surface area (TPSA) is 21.3 Å². The molecule has 1 N–H and O–H groups in total. The van der Waals surface area contributed by atoms with Gasteiger partial charge in [0.2, 0.25) is 0 Å². The maximum absolute atomic E-state index is 13.1. The van der Waals surface area contributed by atoms with Crippen molar-refractivity contribution in [1.29, 1.82) is 0 Å². The lowest BCUT2D eigenvalue weighted by atomic mass is 10.2. The third-order valence-electron chi connectivity index (χ3n) is 1.75. The van der Waals surface area contributed by atoms with Crippen LogP contribution in [0.25, 0.3) is 0 Å². The summed E-state index contributed by atoms with van der Waals surface area (Å²) in [7, 11) is 0. The van der Waals surface area contributed by atoms with E-state index in [1.807, 2.05) is 0 Å². The number of anilines is 1. The molecule has 0 saturated carbocycles. The van der Waals surface area contributed by atoms with E-state index in [1.165, 1.54) is 12.3 Å². The van der Waals surface area contributed by atoms with E-state index < -0.39 is 11.6 Å².